The van der Waals surface area contributed by atoms with E-state index in [9.17, 15) is 14.7 Å². The lowest BCUT2D eigenvalue weighted by molar-refractivity contribution is -0.0336. The van der Waals surface area contributed by atoms with Crippen LogP contribution >= 0.6 is 11.3 Å². The first kappa shape index (κ1) is 35.0. The van der Waals surface area contributed by atoms with Crippen LogP contribution in [0.3, 0.4) is 0 Å². The number of thiazole rings is 1. The van der Waals surface area contributed by atoms with Crippen molar-refractivity contribution in [2.45, 2.75) is 76.4 Å². The summed E-state index contributed by atoms with van der Waals surface area (Å²) in [7, 11) is 0. The quantitative estimate of drug-likeness (QED) is 0.0823. The van der Waals surface area contributed by atoms with E-state index in [4.69, 9.17) is 9.47 Å². The number of amides is 1. The molecule has 3 aromatic carbocycles. The summed E-state index contributed by atoms with van der Waals surface area (Å²) in [4.78, 5) is 29.8. The summed E-state index contributed by atoms with van der Waals surface area (Å²) in [6.07, 6.45) is 10.8. The first-order chi connectivity index (χ1) is 24.0. The number of alkyl carbamates (subject to hydrolysis) is 1. The summed E-state index contributed by atoms with van der Waals surface area (Å²) in [5.74, 6) is 1.41. The summed E-state index contributed by atoms with van der Waals surface area (Å²) in [5.41, 5.74) is 3.62. The highest BCUT2D eigenvalue weighted by Gasteiger charge is 2.36. The number of hydrogen-bond acceptors (Lipinski definition) is 8. The molecule has 3 aliphatic heterocycles. The van der Waals surface area contributed by atoms with E-state index < -0.39 is 0 Å². The molecule has 0 saturated carbocycles. The molecule has 0 radical (unpaired) electrons. The number of unbranched alkanes of at least 4 members (excludes halogenated alkanes) is 6. The van der Waals surface area contributed by atoms with Gasteiger partial charge in [0.2, 0.25) is 0 Å². The number of aromatic amines is 1. The fraction of sp³-hybridized carbons (Fsp3) is 0.487. The predicted octanol–water partition coefficient (Wildman–Crippen LogP) is 7.15. The van der Waals surface area contributed by atoms with Crippen molar-refractivity contribution in [3.05, 3.63) is 93.1 Å². The van der Waals surface area contributed by atoms with Gasteiger partial charge in [0.05, 0.1) is 17.3 Å². The standard InChI is InChI=1S/C39H50N4O5S/c44-33-17-16-30(37-36(33)42-39(46)49-37)18-22-40-21-9-4-2-1-3-5-10-25-47-32-15-11-14-31(26-32)35(29-12-7-6-8-13-29)41-38(45)48-34-27-43-23-19-28(34)20-24-43/h6-8,11-17,26,28,34-35,40,44H,1-5,9-10,18-25,27H2,(H,41,45)(H,42,46). The van der Waals surface area contributed by atoms with Crippen LogP contribution in [0.2, 0.25) is 0 Å². The molecule has 4 heterocycles. The van der Waals surface area contributed by atoms with Gasteiger partial charge < -0.3 is 30.2 Å². The van der Waals surface area contributed by atoms with Crippen LogP contribution < -0.4 is 20.2 Å². The van der Waals surface area contributed by atoms with Gasteiger partial charge in [0.15, 0.2) is 0 Å². The van der Waals surface area contributed by atoms with Crippen LogP contribution in [0.25, 0.3) is 10.2 Å². The minimum atomic E-state index is -0.361. The van der Waals surface area contributed by atoms with E-state index in [1.54, 1.807) is 6.07 Å². The number of aromatic nitrogens is 1. The van der Waals surface area contributed by atoms with E-state index in [0.29, 0.717) is 18.0 Å². The molecule has 0 aliphatic carbocycles. The summed E-state index contributed by atoms with van der Waals surface area (Å²) < 4.78 is 13.0. The molecule has 3 aliphatic rings. The zero-order valence-electron chi connectivity index (χ0n) is 28.3. The third kappa shape index (κ3) is 9.86. The Morgan fingerprint density at radius 2 is 1.67 bits per heavy atom. The number of carbonyl (C=O) groups is 1. The number of rotatable bonds is 18. The number of carbonyl (C=O) groups excluding carboxylic acids is 1. The maximum absolute atomic E-state index is 13.1. The van der Waals surface area contributed by atoms with Gasteiger partial charge in [-0.05, 0) is 99.1 Å². The number of hydrogen-bond donors (Lipinski definition) is 4. The van der Waals surface area contributed by atoms with Crippen LogP contribution in [0.4, 0.5) is 4.79 Å². The molecule has 7 rings (SSSR count). The summed E-state index contributed by atoms with van der Waals surface area (Å²) in [5, 5.41) is 16.6. The highest BCUT2D eigenvalue weighted by molar-refractivity contribution is 7.16. The second-order valence-electron chi connectivity index (χ2n) is 13.4. The molecule has 4 N–H and O–H groups in total. The van der Waals surface area contributed by atoms with Gasteiger partial charge in [-0.15, -0.1) is 0 Å². The van der Waals surface area contributed by atoms with Gasteiger partial charge in [-0.3, -0.25) is 9.69 Å². The molecule has 10 heteroatoms. The van der Waals surface area contributed by atoms with Gasteiger partial charge in [-0.2, -0.15) is 0 Å². The van der Waals surface area contributed by atoms with Crippen LogP contribution in [0.1, 0.15) is 80.5 Å². The fourth-order valence-electron chi connectivity index (χ4n) is 7.17. The maximum atomic E-state index is 13.1. The smallest absolute Gasteiger partial charge is 0.408 e. The number of aromatic hydroxyl groups is 1. The number of phenolic OH excluding ortho intramolecular Hbond substituents is 1. The molecule has 262 valence electrons. The van der Waals surface area contributed by atoms with Gasteiger partial charge in [0, 0.05) is 6.54 Å². The molecule has 9 nitrogen and oxygen atoms in total. The average Bonchev–Trinajstić information content (AvgIpc) is 3.53. The molecule has 2 unspecified atom stereocenters. The lowest BCUT2D eigenvalue weighted by Crippen LogP contribution is -2.52. The molecular weight excluding hydrogens is 637 g/mol. The largest absolute Gasteiger partial charge is 0.506 e. The zero-order valence-corrected chi connectivity index (χ0v) is 29.1. The fourth-order valence-corrected chi connectivity index (χ4v) is 8.06. The van der Waals surface area contributed by atoms with Crippen LogP contribution in [-0.4, -0.2) is 66.5 Å². The van der Waals surface area contributed by atoms with E-state index in [-0.39, 0.29) is 28.9 Å². The summed E-state index contributed by atoms with van der Waals surface area (Å²) >= 11 is 1.16. The SMILES string of the molecule is O=C(NC(c1ccccc1)c1cccc(OCCCCCCCCCNCCc2ccc(O)c3[nH]c(=O)sc23)c1)OC1CN2CCC1CC2. The van der Waals surface area contributed by atoms with Gasteiger partial charge in [0.25, 0.3) is 0 Å². The van der Waals surface area contributed by atoms with E-state index in [0.717, 1.165) is 110 Å². The molecule has 4 aromatic rings. The number of nitrogens with zero attached hydrogens (tertiary/aromatic N) is 1. The van der Waals surface area contributed by atoms with E-state index in [1.165, 1.54) is 25.7 Å². The number of phenols is 1. The number of nitrogens with one attached hydrogen (secondary N) is 3. The Morgan fingerprint density at radius 1 is 0.918 bits per heavy atom. The Kier molecular flexibility index (Phi) is 12.6. The van der Waals surface area contributed by atoms with Gasteiger partial charge >= 0.3 is 11.0 Å². The molecule has 49 heavy (non-hydrogen) atoms. The van der Waals surface area contributed by atoms with E-state index in [2.05, 4.69) is 20.5 Å². The first-order valence-corrected chi connectivity index (χ1v) is 18.9. The summed E-state index contributed by atoms with van der Waals surface area (Å²) in [6, 6.07) is 21.3. The van der Waals surface area contributed by atoms with Crippen LogP contribution in [0.5, 0.6) is 11.5 Å². The van der Waals surface area contributed by atoms with Crippen molar-refractivity contribution >= 4 is 27.6 Å². The van der Waals surface area contributed by atoms with Crippen molar-refractivity contribution in [2.75, 3.05) is 39.3 Å². The van der Waals surface area contributed by atoms with Crippen molar-refractivity contribution in [1.29, 1.82) is 0 Å². The second-order valence-corrected chi connectivity index (χ2v) is 14.4. The highest BCUT2D eigenvalue weighted by Crippen LogP contribution is 2.31. The van der Waals surface area contributed by atoms with Crippen molar-refractivity contribution in [3.63, 3.8) is 0 Å². The second kappa shape index (κ2) is 17.7. The predicted molar refractivity (Wildman–Crippen MR) is 196 cm³/mol. The Morgan fingerprint density at radius 3 is 2.45 bits per heavy atom. The lowest BCUT2D eigenvalue weighted by Gasteiger charge is -2.43. The number of ether oxygens (including phenoxy) is 2. The molecule has 0 spiro atoms. The van der Waals surface area contributed by atoms with E-state index >= 15 is 0 Å². The average molecular weight is 687 g/mol. The maximum Gasteiger partial charge on any atom is 0.408 e. The Bertz CT molecular complexity index is 1680. The Balaban J connectivity index is 0.853. The summed E-state index contributed by atoms with van der Waals surface area (Å²) in [6.45, 7) is 5.57. The molecule has 2 bridgehead atoms. The van der Waals surface area contributed by atoms with Crippen LogP contribution in [0.15, 0.2) is 71.5 Å². The number of piperidine rings is 3. The third-order valence-electron chi connectivity index (χ3n) is 9.92. The zero-order chi connectivity index (χ0) is 33.8. The molecule has 3 saturated heterocycles. The van der Waals surface area contributed by atoms with Crippen molar-refractivity contribution < 1.29 is 19.4 Å². The number of H-pyrrole nitrogens is 1. The highest BCUT2D eigenvalue weighted by atomic mass is 32.1. The van der Waals surface area contributed by atoms with Crippen molar-refractivity contribution in [3.8, 4) is 11.5 Å². The molecule has 3 fully saturated rings. The van der Waals surface area contributed by atoms with Gasteiger partial charge in [0.1, 0.15) is 23.1 Å². The third-order valence-corrected chi connectivity index (χ3v) is 10.9. The van der Waals surface area contributed by atoms with E-state index in [1.807, 2.05) is 60.7 Å². The molecule has 1 amide bonds. The topological polar surface area (TPSA) is 116 Å². The molecule has 1 aromatic heterocycles. The number of fused-ring (bicyclic) bond motifs is 4. The molecule has 2 atom stereocenters. The number of benzene rings is 3. The Labute approximate surface area is 293 Å². The minimum absolute atomic E-state index is 0.0346. The van der Waals surface area contributed by atoms with Crippen molar-refractivity contribution in [2.24, 2.45) is 5.92 Å². The van der Waals surface area contributed by atoms with Crippen LogP contribution in [0, 0.1) is 5.92 Å². The minimum Gasteiger partial charge on any atom is -0.506 e. The molecular formula is C39H50N4O5S. The van der Waals surface area contributed by atoms with Crippen molar-refractivity contribution in [1.82, 2.24) is 20.5 Å². The monoisotopic (exact) mass is 686 g/mol. The normalized spacial score (nSPS) is 19.1. The van der Waals surface area contributed by atoms with Gasteiger partial charge in [-0.1, -0.05) is 92.0 Å². The van der Waals surface area contributed by atoms with Crippen LogP contribution in [-0.2, 0) is 11.2 Å². The lowest BCUT2D eigenvalue weighted by atomic mass is 9.86. The first-order valence-electron chi connectivity index (χ1n) is 18.0. The van der Waals surface area contributed by atoms with Gasteiger partial charge in [-0.25, -0.2) is 4.79 Å². The Hall–Kier alpha value is -3.86.